The molecule has 4 heteroatoms. The highest BCUT2D eigenvalue weighted by Crippen LogP contribution is 2.22. The molecule has 0 aliphatic heterocycles. The van der Waals surface area contributed by atoms with Gasteiger partial charge in [0.2, 0.25) is 0 Å². The molecule has 0 aliphatic rings. The van der Waals surface area contributed by atoms with Crippen molar-refractivity contribution < 1.29 is 9.50 Å². The molecule has 0 spiro atoms. The minimum atomic E-state index is -0.382. The zero-order valence-electron chi connectivity index (χ0n) is 8.03. The molecule has 1 unspecified atom stereocenters. The Balaban J connectivity index is 2.47. The van der Waals surface area contributed by atoms with Crippen molar-refractivity contribution in [1.82, 2.24) is 0 Å². The molecule has 0 bridgehead atoms. The van der Waals surface area contributed by atoms with Gasteiger partial charge in [-0.3, -0.25) is 0 Å². The van der Waals surface area contributed by atoms with Crippen LogP contribution in [0.15, 0.2) is 23.1 Å². The van der Waals surface area contributed by atoms with E-state index in [-0.39, 0.29) is 17.6 Å². The maximum Gasteiger partial charge on any atom is 0.147 e. The number of aliphatic hydroxyl groups is 1. The van der Waals surface area contributed by atoms with Crippen LogP contribution in [-0.2, 0) is 0 Å². The number of aliphatic hydroxyl groups excluding tert-OH is 1. The molecule has 0 saturated heterocycles. The summed E-state index contributed by atoms with van der Waals surface area (Å²) in [6, 6.07) is 4.76. The van der Waals surface area contributed by atoms with E-state index in [9.17, 15) is 4.39 Å². The monoisotopic (exact) mass is 215 g/mol. The van der Waals surface area contributed by atoms with E-state index in [0.717, 1.165) is 10.6 Å². The van der Waals surface area contributed by atoms with Gasteiger partial charge in [-0.2, -0.15) is 0 Å². The fourth-order valence-electron chi connectivity index (χ4n) is 0.945. The molecule has 1 atom stereocenters. The maximum atomic E-state index is 13.0. The molecule has 1 aromatic carbocycles. The lowest BCUT2D eigenvalue weighted by Gasteiger charge is -2.04. The van der Waals surface area contributed by atoms with E-state index in [4.69, 9.17) is 10.8 Å². The van der Waals surface area contributed by atoms with E-state index in [1.165, 1.54) is 17.8 Å². The van der Waals surface area contributed by atoms with Gasteiger partial charge in [0, 0.05) is 10.6 Å². The topological polar surface area (TPSA) is 46.2 Å². The van der Waals surface area contributed by atoms with Crippen LogP contribution in [0.3, 0.4) is 0 Å². The fourth-order valence-corrected chi connectivity index (χ4v) is 1.99. The predicted molar refractivity (Wildman–Crippen MR) is 57.8 cm³/mol. The van der Waals surface area contributed by atoms with Gasteiger partial charge in [-0.05, 0) is 31.5 Å². The molecule has 0 heterocycles. The van der Waals surface area contributed by atoms with Gasteiger partial charge in [-0.15, -0.1) is 11.8 Å². The predicted octanol–water partition coefficient (Wildman–Crippen LogP) is 2.27. The van der Waals surface area contributed by atoms with Crippen molar-refractivity contribution in [2.24, 2.45) is 0 Å². The van der Waals surface area contributed by atoms with Gasteiger partial charge in [-0.25, -0.2) is 4.39 Å². The highest BCUT2D eigenvalue weighted by Gasteiger charge is 2.01. The summed E-state index contributed by atoms with van der Waals surface area (Å²) in [6.07, 6.45) is 0.401. The third-order valence-electron chi connectivity index (χ3n) is 1.78. The number of hydrogen-bond donors (Lipinski definition) is 2. The Bertz CT molecular complexity index is 304. The zero-order chi connectivity index (χ0) is 10.6. The lowest BCUT2D eigenvalue weighted by atomic mass is 10.3. The molecule has 0 radical (unpaired) electrons. The van der Waals surface area contributed by atoms with Gasteiger partial charge in [0.15, 0.2) is 0 Å². The van der Waals surface area contributed by atoms with Crippen LogP contribution < -0.4 is 5.73 Å². The van der Waals surface area contributed by atoms with Crippen LogP contribution in [0.4, 0.5) is 10.1 Å². The van der Waals surface area contributed by atoms with Gasteiger partial charge < -0.3 is 10.8 Å². The molecule has 0 amide bonds. The molecule has 0 fully saturated rings. The molecular formula is C10H14FNOS. The number of nitrogens with two attached hydrogens (primary N) is 1. The van der Waals surface area contributed by atoms with Crippen LogP contribution in [0.25, 0.3) is 0 Å². The van der Waals surface area contributed by atoms with Crippen LogP contribution in [0.5, 0.6) is 0 Å². The Morgan fingerprint density at radius 3 is 2.86 bits per heavy atom. The van der Waals surface area contributed by atoms with Crippen LogP contribution in [0.1, 0.15) is 13.3 Å². The van der Waals surface area contributed by atoms with E-state index >= 15 is 0 Å². The number of anilines is 1. The second-order valence-electron chi connectivity index (χ2n) is 3.17. The van der Waals surface area contributed by atoms with Crippen molar-refractivity contribution in [2.75, 3.05) is 11.5 Å². The third-order valence-corrected chi connectivity index (χ3v) is 2.80. The van der Waals surface area contributed by atoms with Gasteiger partial charge in [0.1, 0.15) is 5.82 Å². The Labute approximate surface area is 87.3 Å². The molecule has 0 saturated carbocycles. The van der Waals surface area contributed by atoms with Crippen molar-refractivity contribution in [3.63, 3.8) is 0 Å². The highest BCUT2D eigenvalue weighted by molar-refractivity contribution is 7.99. The second-order valence-corrected chi connectivity index (χ2v) is 4.34. The summed E-state index contributed by atoms with van der Waals surface area (Å²) in [6.45, 7) is 1.74. The number of nitrogen functional groups attached to an aromatic ring is 1. The number of benzene rings is 1. The van der Waals surface area contributed by atoms with Crippen molar-refractivity contribution in [1.29, 1.82) is 0 Å². The highest BCUT2D eigenvalue weighted by atomic mass is 32.2. The number of halogens is 1. The van der Waals surface area contributed by atoms with Crippen LogP contribution in [0.2, 0.25) is 0 Å². The molecule has 0 aliphatic carbocycles. The van der Waals surface area contributed by atoms with Crippen LogP contribution in [0, 0.1) is 5.82 Å². The van der Waals surface area contributed by atoms with Crippen LogP contribution >= 0.6 is 11.8 Å². The first-order valence-electron chi connectivity index (χ1n) is 4.45. The zero-order valence-corrected chi connectivity index (χ0v) is 8.85. The van der Waals surface area contributed by atoms with Gasteiger partial charge in [-0.1, -0.05) is 0 Å². The maximum absolute atomic E-state index is 13.0. The first kappa shape index (κ1) is 11.3. The number of hydrogen-bond acceptors (Lipinski definition) is 3. The van der Waals surface area contributed by atoms with E-state index < -0.39 is 0 Å². The Kier molecular flexibility index (Phi) is 4.22. The Hall–Kier alpha value is -0.740. The van der Waals surface area contributed by atoms with Gasteiger partial charge in [0.05, 0.1) is 11.8 Å². The summed E-state index contributed by atoms with van der Waals surface area (Å²) in [7, 11) is 0. The summed E-state index contributed by atoms with van der Waals surface area (Å²) < 4.78 is 13.0. The molecule has 1 rings (SSSR count). The molecule has 78 valence electrons. The van der Waals surface area contributed by atoms with Crippen molar-refractivity contribution >= 4 is 17.4 Å². The summed E-state index contributed by atoms with van der Waals surface area (Å²) >= 11 is 1.52. The second kappa shape index (κ2) is 5.22. The van der Waals surface area contributed by atoms with E-state index in [1.54, 1.807) is 19.1 Å². The lowest BCUT2D eigenvalue weighted by Crippen LogP contribution is -2.00. The molecule has 3 N–H and O–H groups in total. The first-order valence-corrected chi connectivity index (χ1v) is 5.44. The van der Waals surface area contributed by atoms with E-state index in [2.05, 4.69) is 0 Å². The van der Waals surface area contributed by atoms with Crippen molar-refractivity contribution in [2.45, 2.75) is 24.3 Å². The minimum Gasteiger partial charge on any atom is -0.396 e. The summed E-state index contributed by atoms with van der Waals surface area (Å²) in [5, 5.41) is 9.02. The Morgan fingerprint density at radius 2 is 2.29 bits per heavy atom. The summed E-state index contributed by atoms with van der Waals surface area (Å²) in [5.41, 5.74) is 5.51. The van der Waals surface area contributed by atoms with Gasteiger partial charge >= 0.3 is 0 Å². The fraction of sp³-hybridized carbons (Fsp3) is 0.400. The Morgan fingerprint density at radius 1 is 1.57 bits per heavy atom. The third kappa shape index (κ3) is 3.55. The first-order chi connectivity index (χ1) is 6.59. The molecule has 14 heavy (non-hydrogen) atoms. The summed E-state index contributed by atoms with van der Waals surface area (Å²) in [4.78, 5) is 0.845. The standard InChI is InChI=1S/C10H14FNOS/c1-7(13)4-5-14-8-2-3-10(12)9(11)6-8/h2-3,6-7,13H,4-5,12H2,1H3. The number of thioether (sulfide) groups is 1. The molecular weight excluding hydrogens is 201 g/mol. The average molecular weight is 215 g/mol. The molecule has 0 aromatic heterocycles. The van der Waals surface area contributed by atoms with Gasteiger partial charge in [0.25, 0.3) is 0 Å². The van der Waals surface area contributed by atoms with E-state index in [1.807, 2.05) is 0 Å². The normalized spacial score (nSPS) is 12.8. The largest absolute Gasteiger partial charge is 0.396 e. The number of rotatable bonds is 4. The van der Waals surface area contributed by atoms with E-state index in [0.29, 0.717) is 6.42 Å². The molecule has 2 nitrogen and oxygen atoms in total. The minimum absolute atomic E-state index is 0.171. The summed E-state index contributed by atoms with van der Waals surface area (Å²) in [5.74, 6) is 0.396. The van der Waals surface area contributed by atoms with Crippen molar-refractivity contribution in [3.8, 4) is 0 Å². The smallest absolute Gasteiger partial charge is 0.147 e. The SMILES string of the molecule is CC(O)CCSc1ccc(N)c(F)c1. The van der Waals surface area contributed by atoms with Crippen molar-refractivity contribution in [3.05, 3.63) is 24.0 Å². The average Bonchev–Trinajstić information content (AvgIpc) is 2.10. The molecule has 1 aromatic rings. The quantitative estimate of drug-likeness (QED) is 0.598. The van der Waals surface area contributed by atoms with Crippen LogP contribution in [-0.4, -0.2) is 17.0 Å². The lowest BCUT2D eigenvalue weighted by molar-refractivity contribution is 0.192.